The molecule has 112 valence electrons. The second-order valence-electron chi connectivity index (χ2n) is 7.39. The molecule has 2 atom stereocenters. The van der Waals surface area contributed by atoms with Gasteiger partial charge >= 0.3 is 0 Å². The number of rotatable bonds is 5. The molecule has 1 saturated heterocycles. The second kappa shape index (κ2) is 5.78. The molecule has 1 saturated carbocycles. The molecule has 1 aliphatic carbocycles. The lowest BCUT2D eigenvalue weighted by Crippen LogP contribution is -2.63. The van der Waals surface area contributed by atoms with Gasteiger partial charge in [-0.15, -0.1) is 0 Å². The van der Waals surface area contributed by atoms with Crippen LogP contribution in [-0.2, 0) is 6.54 Å². The van der Waals surface area contributed by atoms with Crippen LogP contribution >= 0.6 is 11.3 Å². The van der Waals surface area contributed by atoms with Gasteiger partial charge in [0.05, 0.1) is 0 Å². The van der Waals surface area contributed by atoms with Crippen molar-refractivity contribution in [2.45, 2.75) is 58.2 Å². The number of nitrogens with one attached hydrogen (secondary N) is 1. The van der Waals surface area contributed by atoms with E-state index in [2.05, 4.69) is 47.8 Å². The zero-order chi connectivity index (χ0) is 14.2. The standard InChI is InChI=1S/C17H28N2S/c1-13(2)8-16-9-18-17(3,15-4-5-15)12-19(16)10-14-6-7-20-11-14/h6-7,11,13,15-16,18H,4-5,8-10,12H2,1-3H3. The van der Waals surface area contributed by atoms with Crippen LogP contribution in [0.15, 0.2) is 16.8 Å². The number of thiophene rings is 1. The Bertz CT molecular complexity index is 424. The van der Waals surface area contributed by atoms with E-state index < -0.39 is 0 Å². The van der Waals surface area contributed by atoms with Gasteiger partial charge in [-0.05, 0) is 60.4 Å². The van der Waals surface area contributed by atoms with Gasteiger partial charge in [-0.2, -0.15) is 11.3 Å². The van der Waals surface area contributed by atoms with Crippen LogP contribution in [-0.4, -0.2) is 29.6 Å². The van der Waals surface area contributed by atoms with E-state index in [4.69, 9.17) is 0 Å². The van der Waals surface area contributed by atoms with E-state index in [1.807, 2.05) is 11.3 Å². The monoisotopic (exact) mass is 292 g/mol. The summed E-state index contributed by atoms with van der Waals surface area (Å²) in [6.45, 7) is 10.6. The lowest BCUT2D eigenvalue weighted by Gasteiger charge is -2.47. The number of nitrogens with zero attached hydrogens (tertiary/aromatic N) is 1. The summed E-state index contributed by atoms with van der Waals surface area (Å²) in [5.74, 6) is 1.68. The zero-order valence-electron chi connectivity index (χ0n) is 13.1. The Balaban J connectivity index is 1.71. The van der Waals surface area contributed by atoms with Crippen LogP contribution in [0.1, 0.15) is 45.6 Å². The molecule has 0 radical (unpaired) electrons. The summed E-state index contributed by atoms with van der Waals surface area (Å²) in [5.41, 5.74) is 1.84. The first-order valence-electron chi connectivity index (χ1n) is 8.07. The minimum Gasteiger partial charge on any atom is -0.308 e. The first-order chi connectivity index (χ1) is 9.57. The fourth-order valence-corrected chi connectivity index (χ4v) is 4.32. The quantitative estimate of drug-likeness (QED) is 0.889. The molecule has 3 rings (SSSR count). The maximum Gasteiger partial charge on any atom is 0.0309 e. The molecular weight excluding hydrogens is 264 g/mol. The average Bonchev–Trinajstić information content (AvgIpc) is 3.13. The van der Waals surface area contributed by atoms with Crippen molar-refractivity contribution >= 4 is 11.3 Å². The van der Waals surface area contributed by atoms with E-state index in [9.17, 15) is 0 Å². The topological polar surface area (TPSA) is 15.3 Å². The maximum absolute atomic E-state index is 3.88. The fourth-order valence-electron chi connectivity index (χ4n) is 3.66. The highest BCUT2D eigenvalue weighted by molar-refractivity contribution is 7.07. The summed E-state index contributed by atoms with van der Waals surface area (Å²) >= 11 is 1.82. The first kappa shape index (κ1) is 14.6. The predicted molar refractivity (Wildman–Crippen MR) is 87.1 cm³/mol. The first-order valence-corrected chi connectivity index (χ1v) is 9.01. The van der Waals surface area contributed by atoms with Gasteiger partial charge in [-0.3, -0.25) is 4.90 Å². The van der Waals surface area contributed by atoms with Gasteiger partial charge in [0.25, 0.3) is 0 Å². The highest BCUT2D eigenvalue weighted by Crippen LogP contribution is 2.42. The van der Waals surface area contributed by atoms with Crippen LogP contribution in [0.3, 0.4) is 0 Å². The molecule has 1 N–H and O–H groups in total. The van der Waals surface area contributed by atoms with Crippen LogP contribution in [0.2, 0.25) is 0 Å². The molecule has 3 heteroatoms. The van der Waals surface area contributed by atoms with Crippen LogP contribution in [0, 0.1) is 11.8 Å². The van der Waals surface area contributed by atoms with Gasteiger partial charge in [-0.25, -0.2) is 0 Å². The van der Waals surface area contributed by atoms with Crippen molar-refractivity contribution in [2.75, 3.05) is 13.1 Å². The number of hydrogen-bond donors (Lipinski definition) is 1. The van der Waals surface area contributed by atoms with Crippen molar-refractivity contribution in [3.8, 4) is 0 Å². The Morgan fingerprint density at radius 3 is 2.85 bits per heavy atom. The van der Waals surface area contributed by atoms with Crippen molar-refractivity contribution < 1.29 is 0 Å². The molecule has 2 aliphatic rings. The van der Waals surface area contributed by atoms with Crippen molar-refractivity contribution in [3.63, 3.8) is 0 Å². The largest absolute Gasteiger partial charge is 0.308 e. The lowest BCUT2D eigenvalue weighted by atomic mass is 9.88. The maximum atomic E-state index is 3.88. The molecule has 0 aromatic carbocycles. The molecule has 2 unspecified atom stereocenters. The van der Waals surface area contributed by atoms with Gasteiger partial charge in [0.1, 0.15) is 0 Å². The molecule has 2 fully saturated rings. The van der Waals surface area contributed by atoms with E-state index in [1.54, 1.807) is 0 Å². The number of hydrogen-bond acceptors (Lipinski definition) is 3. The Labute approximate surface area is 127 Å². The van der Waals surface area contributed by atoms with E-state index in [1.165, 1.54) is 31.4 Å². The Morgan fingerprint density at radius 2 is 2.25 bits per heavy atom. The summed E-state index contributed by atoms with van der Waals surface area (Å²) < 4.78 is 0. The van der Waals surface area contributed by atoms with Crippen LogP contribution in [0.25, 0.3) is 0 Å². The SMILES string of the molecule is CC(C)CC1CNC(C)(C2CC2)CN1Cc1ccsc1. The summed E-state index contributed by atoms with van der Waals surface area (Å²) in [7, 11) is 0. The van der Waals surface area contributed by atoms with Crippen molar-refractivity contribution in [3.05, 3.63) is 22.4 Å². The summed E-state index contributed by atoms with van der Waals surface area (Å²) in [6.07, 6.45) is 4.15. The molecule has 2 nitrogen and oxygen atoms in total. The molecule has 0 amide bonds. The van der Waals surface area contributed by atoms with Gasteiger partial charge < -0.3 is 5.32 Å². The molecule has 1 aromatic rings. The minimum atomic E-state index is 0.351. The zero-order valence-corrected chi connectivity index (χ0v) is 13.9. The van der Waals surface area contributed by atoms with Gasteiger partial charge in [-0.1, -0.05) is 13.8 Å². The summed E-state index contributed by atoms with van der Waals surface area (Å²) in [5, 5.41) is 8.40. The lowest BCUT2D eigenvalue weighted by molar-refractivity contribution is 0.0583. The van der Waals surface area contributed by atoms with E-state index in [-0.39, 0.29) is 0 Å². The average molecular weight is 292 g/mol. The van der Waals surface area contributed by atoms with Gasteiger partial charge in [0.15, 0.2) is 0 Å². The molecule has 0 spiro atoms. The normalized spacial score (nSPS) is 31.9. The molecule has 2 heterocycles. The molecule has 0 bridgehead atoms. The highest BCUT2D eigenvalue weighted by Gasteiger charge is 2.45. The van der Waals surface area contributed by atoms with E-state index in [0.29, 0.717) is 11.6 Å². The van der Waals surface area contributed by atoms with Gasteiger partial charge in [0.2, 0.25) is 0 Å². The third-order valence-corrected chi connectivity index (χ3v) is 5.71. The van der Waals surface area contributed by atoms with Crippen molar-refractivity contribution in [1.29, 1.82) is 0 Å². The van der Waals surface area contributed by atoms with Crippen molar-refractivity contribution in [2.24, 2.45) is 11.8 Å². The second-order valence-corrected chi connectivity index (χ2v) is 8.17. The summed E-state index contributed by atoms with van der Waals surface area (Å²) in [6, 6.07) is 2.98. The molecular formula is C17H28N2S. The third-order valence-electron chi connectivity index (χ3n) is 4.98. The Kier molecular flexibility index (Phi) is 4.21. The van der Waals surface area contributed by atoms with Crippen LogP contribution < -0.4 is 5.32 Å². The highest BCUT2D eigenvalue weighted by atomic mass is 32.1. The Hall–Kier alpha value is -0.380. The Morgan fingerprint density at radius 1 is 1.45 bits per heavy atom. The molecule has 20 heavy (non-hydrogen) atoms. The van der Waals surface area contributed by atoms with Crippen LogP contribution in [0.5, 0.6) is 0 Å². The third kappa shape index (κ3) is 3.26. The molecule has 1 aromatic heterocycles. The van der Waals surface area contributed by atoms with Gasteiger partial charge in [0, 0.05) is 31.2 Å². The molecule has 1 aliphatic heterocycles. The smallest absolute Gasteiger partial charge is 0.0309 e. The fraction of sp³-hybridized carbons (Fsp3) is 0.765. The van der Waals surface area contributed by atoms with Crippen molar-refractivity contribution in [1.82, 2.24) is 10.2 Å². The summed E-state index contributed by atoms with van der Waals surface area (Å²) in [4.78, 5) is 2.75. The predicted octanol–water partition coefficient (Wildman–Crippen LogP) is 3.74. The minimum absolute atomic E-state index is 0.351. The van der Waals surface area contributed by atoms with Crippen LogP contribution in [0.4, 0.5) is 0 Å². The number of piperazine rings is 1. The van der Waals surface area contributed by atoms with E-state index >= 15 is 0 Å². The van der Waals surface area contributed by atoms with E-state index in [0.717, 1.165) is 24.9 Å².